The molecule has 2 saturated carbocycles. The molecule has 0 nitrogen and oxygen atoms in total. The molecule has 2 aromatic rings. The molecule has 27 heavy (non-hydrogen) atoms. The Labute approximate surface area is 166 Å². The van der Waals surface area contributed by atoms with E-state index in [0.29, 0.717) is 0 Å². The van der Waals surface area contributed by atoms with Crippen LogP contribution in [0.4, 0.5) is 0 Å². The third kappa shape index (κ3) is 4.48. The smallest absolute Gasteiger partial charge is 0.0159 e. The number of hydrogen-bond donors (Lipinski definition) is 0. The van der Waals surface area contributed by atoms with Crippen molar-refractivity contribution in [1.82, 2.24) is 0 Å². The van der Waals surface area contributed by atoms with E-state index in [-0.39, 0.29) is 0 Å². The molecule has 0 bridgehead atoms. The van der Waals surface area contributed by atoms with Crippen molar-refractivity contribution in [2.45, 2.75) is 77.6 Å². The summed E-state index contributed by atoms with van der Waals surface area (Å²) in [6, 6.07) is 18.4. The monoisotopic (exact) mass is 360 g/mol. The number of hydrogen-bond acceptors (Lipinski definition) is 0. The molecular formula is C27H36. The van der Waals surface area contributed by atoms with Gasteiger partial charge in [-0.25, -0.2) is 0 Å². The molecule has 0 N–H and O–H groups in total. The van der Waals surface area contributed by atoms with Gasteiger partial charge in [0.1, 0.15) is 0 Å². The quantitative estimate of drug-likeness (QED) is 0.504. The van der Waals surface area contributed by atoms with Gasteiger partial charge in [-0.1, -0.05) is 86.7 Å². The standard InChI is InChI=1S/C27H36/c1-3-4-5-21-8-11-27-19-26(17-16-25(27)18-21)24-14-12-23(13-15-24)22-9-6-20(2)7-10-22/h6-7,9-10,12-15,21,25-27H,3-5,8,11,16-19H2,1-2H3/t21?,25-,26-,27-/m1/s1. The van der Waals surface area contributed by atoms with Crippen LogP contribution in [0.2, 0.25) is 0 Å². The lowest BCUT2D eigenvalue weighted by Gasteiger charge is -2.42. The van der Waals surface area contributed by atoms with Gasteiger partial charge in [-0.15, -0.1) is 0 Å². The lowest BCUT2D eigenvalue weighted by atomic mass is 9.63. The van der Waals surface area contributed by atoms with Crippen molar-refractivity contribution in [3.05, 3.63) is 59.7 Å². The SMILES string of the molecule is CCCCC1CC[C@@H]2C[C@H](c3ccc(-c4ccc(C)cc4)cc3)CC[C@@H]2C1. The van der Waals surface area contributed by atoms with Gasteiger partial charge in [0.2, 0.25) is 0 Å². The predicted octanol–water partition coefficient (Wildman–Crippen LogP) is 8.15. The first-order chi connectivity index (χ1) is 13.2. The Morgan fingerprint density at radius 1 is 0.741 bits per heavy atom. The summed E-state index contributed by atoms with van der Waals surface area (Å²) in [6.45, 7) is 4.49. The van der Waals surface area contributed by atoms with E-state index in [1.165, 1.54) is 74.5 Å². The van der Waals surface area contributed by atoms with Crippen molar-refractivity contribution < 1.29 is 0 Å². The Kier molecular flexibility index (Phi) is 6.01. The molecule has 1 unspecified atom stereocenters. The lowest BCUT2D eigenvalue weighted by Crippen LogP contribution is -2.30. The first-order valence-electron chi connectivity index (χ1n) is 11.4. The Bertz CT molecular complexity index is 709. The van der Waals surface area contributed by atoms with Gasteiger partial charge < -0.3 is 0 Å². The molecule has 144 valence electrons. The molecular weight excluding hydrogens is 324 g/mol. The van der Waals surface area contributed by atoms with Crippen molar-refractivity contribution >= 4 is 0 Å². The Balaban J connectivity index is 1.37. The van der Waals surface area contributed by atoms with E-state index < -0.39 is 0 Å². The second kappa shape index (κ2) is 8.63. The molecule has 2 fully saturated rings. The van der Waals surface area contributed by atoms with Crippen molar-refractivity contribution in [3.63, 3.8) is 0 Å². The van der Waals surface area contributed by atoms with Gasteiger partial charge in [0, 0.05) is 0 Å². The molecule has 0 aromatic heterocycles. The van der Waals surface area contributed by atoms with Gasteiger partial charge in [-0.05, 0) is 79.4 Å². The van der Waals surface area contributed by atoms with Gasteiger partial charge in [-0.3, -0.25) is 0 Å². The average molecular weight is 361 g/mol. The van der Waals surface area contributed by atoms with Crippen LogP contribution in [-0.2, 0) is 0 Å². The van der Waals surface area contributed by atoms with Crippen LogP contribution in [-0.4, -0.2) is 0 Å². The number of fused-ring (bicyclic) bond motifs is 1. The lowest BCUT2D eigenvalue weighted by molar-refractivity contribution is 0.113. The van der Waals surface area contributed by atoms with Gasteiger partial charge >= 0.3 is 0 Å². The fraction of sp³-hybridized carbons (Fsp3) is 0.556. The second-order valence-electron chi connectivity index (χ2n) is 9.34. The topological polar surface area (TPSA) is 0 Å². The summed E-state index contributed by atoms with van der Waals surface area (Å²) in [5, 5.41) is 0. The second-order valence-corrected chi connectivity index (χ2v) is 9.34. The molecule has 0 spiro atoms. The summed E-state index contributed by atoms with van der Waals surface area (Å²) in [6.07, 6.45) is 13.1. The third-order valence-corrected chi connectivity index (χ3v) is 7.45. The highest BCUT2D eigenvalue weighted by atomic mass is 14.4. The molecule has 2 aromatic carbocycles. The fourth-order valence-electron chi connectivity index (χ4n) is 5.74. The molecule has 0 aliphatic heterocycles. The maximum atomic E-state index is 2.41. The van der Waals surface area contributed by atoms with E-state index >= 15 is 0 Å². The normalized spacial score (nSPS) is 27.9. The average Bonchev–Trinajstić information content (AvgIpc) is 2.72. The molecule has 4 rings (SSSR count). The highest BCUT2D eigenvalue weighted by molar-refractivity contribution is 5.64. The largest absolute Gasteiger partial charge is 0.0654 e. The van der Waals surface area contributed by atoms with E-state index in [4.69, 9.17) is 0 Å². The van der Waals surface area contributed by atoms with Gasteiger partial charge in [0.05, 0.1) is 0 Å². The minimum absolute atomic E-state index is 0.797. The number of unbranched alkanes of at least 4 members (excludes halogenated alkanes) is 1. The summed E-state index contributed by atoms with van der Waals surface area (Å²) in [5.74, 6) is 3.86. The maximum Gasteiger partial charge on any atom is -0.0159 e. The van der Waals surface area contributed by atoms with Crippen LogP contribution in [0, 0.1) is 24.7 Å². The van der Waals surface area contributed by atoms with Gasteiger partial charge in [0.25, 0.3) is 0 Å². The van der Waals surface area contributed by atoms with Crippen molar-refractivity contribution in [2.24, 2.45) is 17.8 Å². The highest BCUT2D eigenvalue weighted by Gasteiger charge is 2.35. The molecule has 2 aliphatic carbocycles. The van der Waals surface area contributed by atoms with Crippen LogP contribution in [0.1, 0.15) is 81.8 Å². The Morgan fingerprint density at radius 2 is 1.37 bits per heavy atom. The molecule has 0 heterocycles. The summed E-state index contributed by atoms with van der Waals surface area (Å²) < 4.78 is 0. The van der Waals surface area contributed by atoms with Crippen LogP contribution in [0.3, 0.4) is 0 Å². The number of aryl methyl sites for hydroxylation is 1. The molecule has 0 amide bonds. The molecule has 0 heteroatoms. The van der Waals surface area contributed by atoms with Crippen LogP contribution >= 0.6 is 0 Å². The molecule has 4 atom stereocenters. The van der Waals surface area contributed by atoms with Crippen LogP contribution in [0.15, 0.2) is 48.5 Å². The summed E-state index contributed by atoms with van der Waals surface area (Å²) in [5.41, 5.74) is 5.60. The van der Waals surface area contributed by atoms with Gasteiger partial charge in [0.15, 0.2) is 0 Å². The van der Waals surface area contributed by atoms with Crippen LogP contribution in [0.25, 0.3) is 11.1 Å². The van der Waals surface area contributed by atoms with E-state index in [1.807, 2.05) is 0 Å². The van der Waals surface area contributed by atoms with Crippen LogP contribution < -0.4 is 0 Å². The summed E-state index contributed by atoms with van der Waals surface area (Å²) in [7, 11) is 0. The number of rotatable bonds is 5. The minimum atomic E-state index is 0.797. The predicted molar refractivity (Wildman–Crippen MR) is 117 cm³/mol. The van der Waals surface area contributed by atoms with Crippen LogP contribution in [0.5, 0.6) is 0 Å². The van der Waals surface area contributed by atoms with E-state index in [9.17, 15) is 0 Å². The number of benzene rings is 2. The van der Waals surface area contributed by atoms with Crippen molar-refractivity contribution in [2.75, 3.05) is 0 Å². The Hall–Kier alpha value is -1.56. The minimum Gasteiger partial charge on any atom is -0.0654 e. The molecule has 0 radical (unpaired) electrons. The van der Waals surface area contributed by atoms with Crippen molar-refractivity contribution in [3.8, 4) is 11.1 Å². The zero-order chi connectivity index (χ0) is 18.6. The zero-order valence-electron chi connectivity index (χ0n) is 17.3. The van der Waals surface area contributed by atoms with Crippen molar-refractivity contribution in [1.29, 1.82) is 0 Å². The van der Waals surface area contributed by atoms with E-state index in [1.54, 1.807) is 5.56 Å². The highest BCUT2D eigenvalue weighted by Crippen LogP contribution is 2.48. The Morgan fingerprint density at radius 3 is 2.07 bits per heavy atom. The van der Waals surface area contributed by atoms with Gasteiger partial charge in [-0.2, -0.15) is 0 Å². The zero-order valence-corrected chi connectivity index (χ0v) is 17.3. The van der Waals surface area contributed by atoms with E-state index in [0.717, 1.165) is 23.7 Å². The van der Waals surface area contributed by atoms with E-state index in [2.05, 4.69) is 62.4 Å². The first kappa shape index (κ1) is 18.8. The molecule has 2 aliphatic rings. The fourth-order valence-corrected chi connectivity index (χ4v) is 5.74. The third-order valence-electron chi connectivity index (χ3n) is 7.45. The summed E-state index contributed by atoms with van der Waals surface area (Å²) >= 11 is 0. The molecule has 0 saturated heterocycles. The first-order valence-corrected chi connectivity index (χ1v) is 11.4. The summed E-state index contributed by atoms with van der Waals surface area (Å²) in [4.78, 5) is 0. The maximum absolute atomic E-state index is 2.41.